The maximum atomic E-state index is 5.64. The Balaban J connectivity index is 2.24. The molecule has 0 radical (unpaired) electrons. The summed E-state index contributed by atoms with van der Waals surface area (Å²) in [6.07, 6.45) is 5.02. The van der Waals surface area contributed by atoms with Gasteiger partial charge in [-0.1, -0.05) is 13.8 Å². The Hall–Kier alpha value is -2.18. The summed E-state index contributed by atoms with van der Waals surface area (Å²) < 4.78 is 1.68. The van der Waals surface area contributed by atoms with Crippen molar-refractivity contribution in [3.63, 3.8) is 0 Å². The van der Waals surface area contributed by atoms with Crippen molar-refractivity contribution in [2.75, 3.05) is 17.6 Å². The topological polar surface area (TPSA) is 94.5 Å². The lowest BCUT2D eigenvalue weighted by Crippen LogP contribution is -2.14. The quantitative estimate of drug-likeness (QED) is 0.807. The van der Waals surface area contributed by atoms with E-state index in [4.69, 9.17) is 5.73 Å². The molecule has 7 nitrogen and oxygen atoms in total. The molecule has 0 aromatic carbocycles. The maximum Gasteiger partial charge on any atom is 0.241 e. The van der Waals surface area contributed by atoms with Gasteiger partial charge in [0.05, 0.1) is 0 Å². The molecule has 90 valence electrons. The van der Waals surface area contributed by atoms with Crippen molar-refractivity contribution in [2.24, 2.45) is 5.92 Å². The van der Waals surface area contributed by atoms with Gasteiger partial charge in [0.1, 0.15) is 6.33 Å². The normalized spacial score (nSPS) is 10.8. The predicted octanol–water partition coefficient (Wildman–Crippen LogP) is 0.707. The first kappa shape index (κ1) is 11.3. The zero-order valence-electron chi connectivity index (χ0n) is 9.83. The smallest absolute Gasteiger partial charge is 0.241 e. The minimum absolute atomic E-state index is 0.190. The first-order valence-corrected chi connectivity index (χ1v) is 5.39. The highest BCUT2D eigenvalue weighted by Crippen LogP contribution is 2.07. The molecule has 0 aliphatic heterocycles. The molecule has 3 N–H and O–H groups in total. The molecule has 0 saturated carbocycles. The molecule has 0 atom stereocenters. The summed E-state index contributed by atoms with van der Waals surface area (Å²) in [7, 11) is 0. The van der Waals surface area contributed by atoms with Crippen molar-refractivity contribution in [1.29, 1.82) is 0 Å². The van der Waals surface area contributed by atoms with Crippen LogP contribution in [0.4, 0.5) is 11.9 Å². The third-order valence-electron chi connectivity index (χ3n) is 2.04. The summed E-state index contributed by atoms with van der Waals surface area (Å²) in [4.78, 5) is 16.3. The zero-order valence-corrected chi connectivity index (χ0v) is 9.83. The molecule has 0 aliphatic carbocycles. The number of aromatic nitrogens is 5. The Morgan fingerprint density at radius 1 is 1.35 bits per heavy atom. The van der Waals surface area contributed by atoms with E-state index in [1.54, 1.807) is 23.3 Å². The highest BCUT2D eigenvalue weighted by atomic mass is 15.3. The van der Waals surface area contributed by atoms with Gasteiger partial charge >= 0.3 is 0 Å². The van der Waals surface area contributed by atoms with Gasteiger partial charge in [0.15, 0.2) is 0 Å². The molecule has 0 amide bonds. The van der Waals surface area contributed by atoms with Gasteiger partial charge in [-0.2, -0.15) is 15.0 Å². The number of hydrogen-bond acceptors (Lipinski definition) is 6. The average molecular weight is 233 g/mol. The number of nitrogens with two attached hydrogens (primary N) is 1. The van der Waals surface area contributed by atoms with E-state index in [-0.39, 0.29) is 5.95 Å². The molecule has 17 heavy (non-hydrogen) atoms. The van der Waals surface area contributed by atoms with E-state index in [2.05, 4.69) is 39.1 Å². The lowest BCUT2D eigenvalue weighted by molar-refractivity contribution is 0.683. The Kier molecular flexibility index (Phi) is 3.17. The lowest BCUT2D eigenvalue weighted by Gasteiger charge is -2.08. The zero-order chi connectivity index (χ0) is 12.3. The number of anilines is 2. The van der Waals surface area contributed by atoms with Crippen molar-refractivity contribution in [1.82, 2.24) is 24.5 Å². The van der Waals surface area contributed by atoms with E-state index in [0.29, 0.717) is 17.8 Å². The van der Waals surface area contributed by atoms with E-state index in [9.17, 15) is 0 Å². The fourth-order valence-corrected chi connectivity index (χ4v) is 1.25. The Morgan fingerprint density at radius 2 is 2.18 bits per heavy atom. The van der Waals surface area contributed by atoms with Gasteiger partial charge in [-0.05, 0) is 5.92 Å². The van der Waals surface area contributed by atoms with Crippen LogP contribution >= 0.6 is 0 Å². The van der Waals surface area contributed by atoms with Crippen LogP contribution in [0.25, 0.3) is 5.95 Å². The molecule has 7 heteroatoms. The van der Waals surface area contributed by atoms with Gasteiger partial charge in [-0.15, -0.1) is 0 Å². The fraction of sp³-hybridized carbons (Fsp3) is 0.400. The monoisotopic (exact) mass is 233 g/mol. The molecular formula is C10H15N7. The van der Waals surface area contributed by atoms with Gasteiger partial charge in [-0.25, -0.2) is 4.98 Å². The molecule has 2 rings (SSSR count). The van der Waals surface area contributed by atoms with Crippen LogP contribution in [0.1, 0.15) is 13.8 Å². The molecular weight excluding hydrogens is 218 g/mol. The molecule has 2 aromatic heterocycles. The van der Waals surface area contributed by atoms with E-state index in [0.717, 1.165) is 6.54 Å². The molecule has 0 fully saturated rings. The van der Waals surface area contributed by atoms with Crippen molar-refractivity contribution >= 4 is 11.9 Å². The Bertz CT molecular complexity index is 477. The van der Waals surface area contributed by atoms with Gasteiger partial charge in [0, 0.05) is 18.9 Å². The molecule has 0 saturated heterocycles. The molecule has 0 aliphatic rings. The van der Waals surface area contributed by atoms with Crippen LogP contribution in [0, 0.1) is 5.92 Å². The van der Waals surface area contributed by atoms with Gasteiger partial charge in [-0.3, -0.25) is 4.57 Å². The summed E-state index contributed by atoms with van der Waals surface area (Å²) in [5.74, 6) is 1.63. The molecule has 0 bridgehead atoms. The second-order valence-corrected chi connectivity index (χ2v) is 4.06. The van der Waals surface area contributed by atoms with E-state index in [1.165, 1.54) is 0 Å². The van der Waals surface area contributed by atoms with E-state index < -0.39 is 0 Å². The Labute approximate surface area is 99.1 Å². The second kappa shape index (κ2) is 4.77. The van der Waals surface area contributed by atoms with Crippen molar-refractivity contribution in [3.8, 4) is 5.95 Å². The van der Waals surface area contributed by atoms with Crippen molar-refractivity contribution < 1.29 is 0 Å². The lowest BCUT2D eigenvalue weighted by atomic mass is 10.2. The molecule has 0 spiro atoms. The second-order valence-electron chi connectivity index (χ2n) is 4.06. The van der Waals surface area contributed by atoms with Crippen LogP contribution in [0.15, 0.2) is 18.7 Å². The summed E-state index contributed by atoms with van der Waals surface area (Å²) in [6.45, 7) is 5.00. The van der Waals surface area contributed by atoms with Crippen LogP contribution in [-0.4, -0.2) is 31.0 Å². The number of nitrogen functional groups attached to an aromatic ring is 1. The Morgan fingerprint density at radius 3 is 2.82 bits per heavy atom. The minimum atomic E-state index is 0.190. The first-order chi connectivity index (χ1) is 8.15. The number of rotatable bonds is 4. The van der Waals surface area contributed by atoms with Crippen molar-refractivity contribution in [2.45, 2.75) is 13.8 Å². The van der Waals surface area contributed by atoms with Crippen LogP contribution in [0.2, 0.25) is 0 Å². The standard InChI is InChI=1S/C10H15N7/c1-7(2)5-13-9-14-8(11)15-10(16-9)17-4-3-12-6-17/h3-4,6-7H,5H2,1-2H3,(H3,11,13,14,15,16). The third-order valence-corrected chi connectivity index (χ3v) is 2.04. The molecule has 2 aromatic rings. The highest BCUT2D eigenvalue weighted by Gasteiger charge is 2.06. The number of hydrogen-bond donors (Lipinski definition) is 2. The first-order valence-electron chi connectivity index (χ1n) is 5.39. The van der Waals surface area contributed by atoms with Crippen molar-refractivity contribution in [3.05, 3.63) is 18.7 Å². The van der Waals surface area contributed by atoms with Crippen LogP contribution in [0.5, 0.6) is 0 Å². The molecule has 2 heterocycles. The largest absolute Gasteiger partial charge is 0.368 e. The number of nitrogens with zero attached hydrogens (tertiary/aromatic N) is 5. The van der Waals surface area contributed by atoms with Crippen LogP contribution < -0.4 is 11.1 Å². The SMILES string of the molecule is CC(C)CNc1nc(N)nc(-n2ccnc2)n1. The fourth-order valence-electron chi connectivity index (χ4n) is 1.25. The van der Waals surface area contributed by atoms with E-state index in [1.807, 2.05) is 0 Å². The summed E-state index contributed by atoms with van der Waals surface area (Å²) in [5, 5.41) is 3.11. The molecule has 0 unspecified atom stereocenters. The number of nitrogens with one attached hydrogen (secondary N) is 1. The van der Waals surface area contributed by atoms with Gasteiger partial charge in [0.2, 0.25) is 17.8 Å². The summed E-state index contributed by atoms with van der Waals surface area (Å²) >= 11 is 0. The average Bonchev–Trinajstić information content (AvgIpc) is 2.79. The summed E-state index contributed by atoms with van der Waals surface area (Å²) in [5.41, 5.74) is 5.64. The third kappa shape index (κ3) is 2.90. The van der Waals surface area contributed by atoms with E-state index >= 15 is 0 Å². The van der Waals surface area contributed by atoms with Gasteiger partial charge in [0.25, 0.3) is 0 Å². The van der Waals surface area contributed by atoms with Crippen LogP contribution in [0.3, 0.4) is 0 Å². The van der Waals surface area contributed by atoms with Gasteiger partial charge < -0.3 is 11.1 Å². The summed E-state index contributed by atoms with van der Waals surface area (Å²) in [6, 6.07) is 0. The minimum Gasteiger partial charge on any atom is -0.368 e. The maximum absolute atomic E-state index is 5.64. The van der Waals surface area contributed by atoms with Crippen LogP contribution in [-0.2, 0) is 0 Å². The highest BCUT2D eigenvalue weighted by molar-refractivity contribution is 5.34. The predicted molar refractivity (Wildman–Crippen MR) is 64.7 cm³/mol. The number of imidazole rings is 1.